The summed E-state index contributed by atoms with van der Waals surface area (Å²) in [5, 5.41) is 0. The first-order valence-electron chi connectivity index (χ1n) is 4.95. The van der Waals surface area contributed by atoms with Crippen molar-refractivity contribution in [3.05, 3.63) is 41.1 Å². The van der Waals surface area contributed by atoms with Crippen LogP contribution >= 0.6 is 0 Å². The number of allylic oxidation sites excluding steroid dienone is 1. The highest BCUT2D eigenvalue weighted by molar-refractivity contribution is 6.07. The molecule has 0 radical (unpaired) electrons. The van der Waals surface area contributed by atoms with Gasteiger partial charge in [0.05, 0.1) is 0 Å². The summed E-state index contributed by atoms with van der Waals surface area (Å²) in [5.41, 5.74) is 4.03. The van der Waals surface area contributed by atoms with Gasteiger partial charge in [-0.15, -0.1) is 0 Å². The van der Waals surface area contributed by atoms with Crippen LogP contribution in [0.25, 0.3) is 5.57 Å². The van der Waals surface area contributed by atoms with E-state index < -0.39 is 0 Å². The highest BCUT2D eigenvalue weighted by atomic mass is 16.1. The Labute approximate surface area is 91.2 Å². The van der Waals surface area contributed by atoms with Gasteiger partial charge in [0.15, 0.2) is 6.29 Å². The SMILES string of the molecule is Cc1ccc(C)c(/C(C=O)=C/N(C)C)c1. The fourth-order valence-electron chi connectivity index (χ4n) is 1.49. The molecule has 0 fully saturated rings. The van der Waals surface area contributed by atoms with Gasteiger partial charge in [-0.3, -0.25) is 4.79 Å². The lowest BCUT2D eigenvalue weighted by Crippen LogP contribution is -2.04. The fourth-order valence-corrected chi connectivity index (χ4v) is 1.49. The van der Waals surface area contributed by atoms with E-state index in [1.54, 1.807) is 0 Å². The van der Waals surface area contributed by atoms with Gasteiger partial charge in [-0.2, -0.15) is 0 Å². The number of aldehydes is 1. The van der Waals surface area contributed by atoms with Crippen LogP contribution in [0.4, 0.5) is 0 Å². The molecule has 0 saturated heterocycles. The molecule has 1 aromatic carbocycles. The highest BCUT2D eigenvalue weighted by Gasteiger charge is 2.04. The molecule has 0 atom stereocenters. The molecule has 15 heavy (non-hydrogen) atoms. The molecule has 0 N–H and O–H groups in total. The summed E-state index contributed by atoms with van der Waals surface area (Å²) in [6, 6.07) is 6.13. The minimum absolute atomic E-state index is 0.723. The summed E-state index contributed by atoms with van der Waals surface area (Å²) in [6.45, 7) is 4.04. The van der Waals surface area contributed by atoms with E-state index in [-0.39, 0.29) is 0 Å². The highest BCUT2D eigenvalue weighted by Crippen LogP contribution is 2.18. The normalized spacial score (nSPS) is 11.3. The number of rotatable bonds is 3. The van der Waals surface area contributed by atoms with Crippen molar-refractivity contribution in [3.8, 4) is 0 Å². The quantitative estimate of drug-likeness (QED) is 0.555. The van der Waals surface area contributed by atoms with Crippen molar-refractivity contribution < 1.29 is 4.79 Å². The maximum Gasteiger partial charge on any atom is 0.152 e. The van der Waals surface area contributed by atoms with Crippen molar-refractivity contribution in [1.82, 2.24) is 4.90 Å². The van der Waals surface area contributed by atoms with Gasteiger partial charge in [0.1, 0.15) is 0 Å². The van der Waals surface area contributed by atoms with Crippen molar-refractivity contribution >= 4 is 11.9 Å². The monoisotopic (exact) mass is 203 g/mol. The zero-order valence-corrected chi connectivity index (χ0v) is 9.74. The van der Waals surface area contributed by atoms with Crippen LogP contribution in [0.3, 0.4) is 0 Å². The minimum atomic E-state index is 0.723. The Morgan fingerprint density at radius 2 is 1.93 bits per heavy atom. The van der Waals surface area contributed by atoms with E-state index in [1.165, 1.54) is 5.56 Å². The lowest BCUT2D eigenvalue weighted by Gasteiger charge is -2.10. The van der Waals surface area contributed by atoms with Gasteiger partial charge in [0.25, 0.3) is 0 Å². The standard InChI is InChI=1S/C13H17NO/c1-10-5-6-11(2)13(7-10)12(9-15)8-14(3)4/h5-9H,1-4H3/b12-8+. The summed E-state index contributed by atoms with van der Waals surface area (Å²) in [5.74, 6) is 0. The maximum absolute atomic E-state index is 11.0. The van der Waals surface area contributed by atoms with E-state index in [9.17, 15) is 4.79 Å². The molecule has 0 bridgehead atoms. The molecule has 0 amide bonds. The zero-order valence-electron chi connectivity index (χ0n) is 9.74. The third-order valence-corrected chi connectivity index (χ3v) is 2.23. The Morgan fingerprint density at radius 3 is 2.47 bits per heavy atom. The summed E-state index contributed by atoms with van der Waals surface area (Å²) in [7, 11) is 3.82. The van der Waals surface area contributed by atoms with E-state index in [2.05, 4.69) is 6.07 Å². The summed E-state index contributed by atoms with van der Waals surface area (Å²) < 4.78 is 0. The number of carbonyl (C=O) groups excluding carboxylic acids is 1. The number of nitrogens with zero attached hydrogens (tertiary/aromatic N) is 1. The summed E-state index contributed by atoms with van der Waals surface area (Å²) >= 11 is 0. The Balaban J connectivity index is 3.23. The zero-order chi connectivity index (χ0) is 11.4. The number of carbonyl (C=O) groups is 1. The topological polar surface area (TPSA) is 20.3 Å². The van der Waals surface area contributed by atoms with Crippen molar-refractivity contribution in [1.29, 1.82) is 0 Å². The summed E-state index contributed by atoms with van der Waals surface area (Å²) in [4.78, 5) is 12.9. The lowest BCUT2D eigenvalue weighted by atomic mass is 10.00. The average molecular weight is 203 g/mol. The number of benzene rings is 1. The van der Waals surface area contributed by atoms with E-state index in [0.29, 0.717) is 0 Å². The average Bonchev–Trinajstić information content (AvgIpc) is 2.18. The number of aryl methyl sites for hydroxylation is 2. The van der Waals surface area contributed by atoms with Gasteiger partial charge in [0, 0.05) is 25.9 Å². The van der Waals surface area contributed by atoms with E-state index in [4.69, 9.17) is 0 Å². The Hall–Kier alpha value is -1.57. The van der Waals surface area contributed by atoms with Crippen LogP contribution in [0.1, 0.15) is 16.7 Å². The lowest BCUT2D eigenvalue weighted by molar-refractivity contribution is -0.103. The van der Waals surface area contributed by atoms with Crippen molar-refractivity contribution in [2.24, 2.45) is 0 Å². The smallest absolute Gasteiger partial charge is 0.152 e. The van der Waals surface area contributed by atoms with Crippen molar-refractivity contribution in [2.45, 2.75) is 13.8 Å². The van der Waals surface area contributed by atoms with E-state index in [1.807, 2.05) is 51.2 Å². The number of hydrogen-bond acceptors (Lipinski definition) is 2. The van der Waals surface area contributed by atoms with Crippen LogP contribution < -0.4 is 0 Å². The van der Waals surface area contributed by atoms with E-state index in [0.717, 1.165) is 23.0 Å². The second-order valence-corrected chi connectivity index (χ2v) is 3.98. The Morgan fingerprint density at radius 1 is 1.27 bits per heavy atom. The van der Waals surface area contributed by atoms with Crippen LogP contribution in [-0.2, 0) is 4.79 Å². The third-order valence-electron chi connectivity index (χ3n) is 2.23. The van der Waals surface area contributed by atoms with Crippen LogP contribution in [-0.4, -0.2) is 25.3 Å². The first-order valence-corrected chi connectivity index (χ1v) is 4.95. The molecule has 1 rings (SSSR count). The predicted molar refractivity (Wildman–Crippen MR) is 63.6 cm³/mol. The molecule has 0 spiro atoms. The van der Waals surface area contributed by atoms with Crippen LogP contribution in [0.5, 0.6) is 0 Å². The molecular formula is C13H17NO. The number of hydrogen-bond donors (Lipinski definition) is 0. The van der Waals surface area contributed by atoms with Gasteiger partial charge in [0.2, 0.25) is 0 Å². The molecule has 1 aromatic rings. The molecular weight excluding hydrogens is 186 g/mol. The Kier molecular flexibility index (Phi) is 3.67. The predicted octanol–water partition coefficient (Wildman–Crippen LogP) is 2.40. The molecule has 80 valence electrons. The van der Waals surface area contributed by atoms with Gasteiger partial charge < -0.3 is 4.90 Å². The first-order chi connectivity index (χ1) is 7.04. The molecule has 0 heterocycles. The molecule has 2 nitrogen and oxygen atoms in total. The Bertz CT molecular complexity index is 392. The molecule has 2 heteroatoms. The first kappa shape index (κ1) is 11.5. The molecule has 0 aromatic heterocycles. The molecule has 0 aliphatic carbocycles. The van der Waals surface area contributed by atoms with Crippen LogP contribution in [0.2, 0.25) is 0 Å². The van der Waals surface area contributed by atoms with Crippen LogP contribution in [0, 0.1) is 13.8 Å². The molecule has 0 aliphatic rings. The second kappa shape index (κ2) is 4.78. The second-order valence-electron chi connectivity index (χ2n) is 3.98. The van der Waals surface area contributed by atoms with Gasteiger partial charge in [-0.1, -0.05) is 23.8 Å². The maximum atomic E-state index is 11.0. The van der Waals surface area contributed by atoms with Gasteiger partial charge in [-0.05, 0) is 25.0 Å². The summed E-state index contributed by atoms with van der Waals surface area (Å²) in [6.07, 6.45) is 2.75. The molecule has 0 unspecified atom stereocenters. The van der Waals surface area contributed by atoms with Crippen molar-refractivity contribution in [3.63, 3.8) is 0 Å². The fraction of sp³-hybridized carbons (Fsp3) is 0.308. The van der Waals surface area contributed by atoms with Gasteiger partial charge in [-0.25, -0.2) is 0 Å². The minimum Gasteiger partial charge on any atom is -0.383 e. The molecule has 0 saturated carbocycles. The van der Waals surface area contributed by atoms with E-state index >= 15 is 0 Å². The van der Waals surface area contributed by atoms with Gasteiger partial charge >= 0.3 is 0 Å². The van der Waals surface area contributed by atoms with Crippen LogP contribution in [0.15, 0.2) is 24.4 Å². The third kappa shape index (κ3) is 2.94. The molecule has 0 aliphatic heterocycles. The largest absolute Gasteiger partial charge is 0.383 e. The van der Waals surface area contributed by atoms with Crippen molar-refractivity contribution in [2.75, 3.05) is 14.1 Å².